The van der Waals surface area contributed by atoms with E-state index >= 15 is 0 Å². The Balaban J connectivity index is 1.83. The molecule has 2 aliphatic carbocycles. The Bertz CT molecular complexity index is 845. The Morgan fingerprint density at radius 1 is 1.34 bits per heavy atom. The molecule has 9 nitrogen and oxygen atoms in total. The molecule has 2 amide bonds. The van der Waals surface area contributed by atoms with Gasteiger partial charge < -0.3 is 21.5 Å². The molecule has 1 heterocycles. The molecular weight excluding hydrogens is 417 g/mol. The summed E-state index contributed by atoms with van der Waals surface area (Å²) in [4.78, 5) is 37.4. The third-order valence-corrected chi connectivity index (χ3v) is 7.15. The summed E-state index contributed by atoms with van der Waals surface area (Å²) in [5.41, 5.74) is 3.54. The fraction of sp³-hybridized carbons (Fsp3) is 0.727. The maximum absolute atomic E-state index is 14.3. The lowest BCUT2D eigenvalue weighted by molar-refractivity contribution is -0.172. The van der Waals surface area contributed by atoms with E-state index in [0.29, 0.717) is 0 Å². The van der Waals surface area contributed by atoms with E-state index in [-0.39, 0.29) is 44.0 Å². The highest BCUT2D eigenvalue weighted by molar-refractivity contribution is 5.95. The van der Waals surface area contributed by atoms with Crippen LogP contribution in [-0.4, -0.2) is 57.8 Å². The number of aryl methyl sites for hydroxylation is 1. The van der Waals surface area contributed by atoms with Gasteiger partial charge in [0.1, 0.15) is 12.3 Å². The number of nitrogens with one attached hydrogen (secondary N) is 2. The first-order valence-corrected chi connectivity index (χ1v) is 11.2. The maximum atomic E-state index is 14.3. The van der Waals surface area contributed by atoms with E-state index < -0.39 is 40.8 Å². The standard InChI is InChI=1S/C22H34FN5O4/c1-21(7-3-4-8-21)18(15(29)13-25-9-5-16(24)30)22(11-14(23)12-22)19(31)20(32)26-17-6-10-28(2)27-17/h6,10,14,18-19,25,31H,3-5,7-9,11-13H2,1-2H3,(H2,24,30)(H,26,27,32). The van der Waals surface area contributed by atoms with Crippen molar-refractivity contribution in [2.45, 2.75) is 64.1 Å². The molecule has 3 rings (SSSR count). The number of nitrogens with zero attached hydrogens (tertiary/aromatic N) is 2. The van der Waals surface area contributed by atoms with E-state index in [1.807, 2.05) is 6.92 Å². The molecule has 0 spiro atoms. The van der Waals surface area contributed by atoms with Crippen LogP contribution in [0.25, 0.3) is 0 Å². The van der Waals surface area contributed by atoms with Crippen LogP contribution in [0.15, 0.2) is 12.3 Å². The number of ketones is 1. The average molecular weight is 452 g/mol. The van der Waals surface area contributed by atoms with E-state index in [2.05, 4.69) is 15.7 Å². The van der Waals surface area contributed by atoms with Crippen molar-refractivity contribution in [2.24, 2.45) is 29.5 Å². The first-order valence-electron chi connectivity index (χ1n) is 11.2. The molecule has 2 unspecified atom stereocenters. The number of carbonyl (C=O) groups excluding carboxylic acids is 3. The van der Waals surface area contributed by atoms with Gasteiger partial charge in [0, 0.05) is 43.6 Å². The molecule has 0 radical (unpaired) electrons. The van der Waals surface area contributed by atoms with Crippen molar-refractivity contribution in [1.82, 2.24) is 15.1 Å². The summed E-state index contributed by atoms with van der Waals surface area (Å²) in [7, 11) is 1.70. The van der Waals surface area contributed by atoms with Crippen molar-refractivity contribution in [1.29, 1.82) is 0 Å². The predicted octanol–water partition coefficient (Wildman–Crippen LogP) is 1.07. The van der Waals surface area contributed by atoms with E-state index in [1.165, 1.54) is 4.68 Å². The number of aromatic nitrogens is 2. The van der Waals surface area contributed by atoms with E-state index in [9.17, 15) is 23.9 Å². The largest absolute Gasteiger partial charge is 0.383 e. The number of hydrogen-bond acceptors (Lipinski definition) is 6. The first-order chi connectivity index (χ1) is 15.1. The van der Waals surface area contributed by atoms with Gasteiger partial charge in [0.2, 0.25) is 5.91 Å². The lowest BCUT2D eigenvalue weighted by Gasteiger charge is -2.55. The Morgan fingerprint density at radius 3 is 2.53 bits per heavy atom. The highest BCUT2D eigenvalue weighted by atomic mass is 19.1. The number of nitrogens with two attached hydrogens (primary N) is 1. The summed E-state index contributed by atoms with van der Waals surface area (Å²) in [6, 6.07) is 1.60. The summed E-state index contributed by atoms with van der Waals surface area (Å²) >= 11 is 0. The molecule has 10 heteroatoms. The number of Topliss-reactive ketones (excluding diaryl/α,β-unsaturated/α-hetero) is 1. The third kappa shape index (κ3) is 5.01. The fourth-order valence-electron chi connectivity index (χ4n) is 5.72. The number of aliphatic hydroxyl groups excluding tert-OH is 1. The van der Waals surface area contributed by atoms with E-state index in [4.69, 9.17) is 5.73 Å². The van der Waals surface area contributed by atoms with Crippen molar-refractivity contribution < 1.29 is 23.9 Å². The van der Waals surface area contributed by atoms with Crippen LogP contribution in [0.4, 0.5) is 10.2 Å². The molecule has 0 saturated heterocycles. The minimum absolute atomic E-state index is 0.0270. The normalized spacial score (nSPS) is 26.2. The highest BCUT2D eigenvalue weighted by Gasteiger charge is 2.63. The van der Waals surface area contributed by atoms with E-state index in [1.54, 1.807) is 19.3 Å². The topological polar surface area (TPSA) is 139 Å². The van der Waals surface area contributed by atoms with Gasteiger partial charge >= 0.3 is 0 Å². The number of aliphatic hydroxyl groups is 1. The zero-order valence-electron chi connectivity index (χ0n) is 18.8. The number of amides is 2. The molecule has 2 aliphatic rings. The predicted molar refractivity (Wildman–Crippen MR) is 116 cm³/mol. The SMILES string of the molecule is Cn1ccc(NC(=O)C(O)C2(C(C(=O)CNCCC(N)=O)C3(C)CCCC3)CC(F)C2)n1. The molecule has 1 aromatic heterocycles. The van der Waals surface area contributed by atoms with Crippen LogP contribution in [-0.2, 0) is 21.4 Å². The molecule has 0 bridgehead atoms. The van der Waals surface area contributed by atoms with Crippen molar-refractivity contribution >= 4 is 23.4 Å². The number of hydrogen-bond donors (Lipinski definition) is 4. The number of halogens is 1. The number of primary amides is 1. The van der Waals surface area contributed by atoms with Crippen LogP contribution in [0.3, 0.4) is 0 Å². The second kappa shape index (κ2) is 9.66. The minimum Gasteiger partial charge on any atom is -0.383 e. The summed E-state index contributed by atoms with van der Waals surface area (Å²) in [6.45, 7) is 2.23. The lowest BCUT2D eigenvalue weighted by Crippen LogP contribution is -2.62. The van der Waals surface area contributed by atoms with Gasteiger partial charge in [-0.1, -0.05) is 19.8 Å². The smallest absolute Gasteiger partial charge is 0.255 e. The zero-order valence-corrected chi connectivity index (χ0v) is 18.8. The maximum Gasteiger partial charge on any atom is 0.255 e. The van der Waals surface area contributed by atoms with Gasteiger partial charge in [-0.2, -0.15) is 5.10 Å². The first kappa shape index (κ1) is 24.3. The molecule has 32 heavy (non-hydrogen) atoms. The molecule has 178 valence electrons. The van der Waals surface area contributed by atoms with E-state index in [0.717, 1.165) is 25.7 Å². The van der Waals surface area contributed by atoms with Gasteiger partial charge in [0.15, 0.2) is 11.6 Å². The summed E-state index contributed by atoms with van der Waals surface area (Å²) < 4.78 is 15.8. The minimum atomic E-state index is -1.55. The number of anilines is 1. The highest BCUT2D eigenvalue weighted by Crippen LogP contribution is 2.60. The third-order valence-electron chi connectivity index (χ3n) is 7.15. The molecule has 0 aromatic carbocycles. The van der Waals surface area contributed by atoms with Crippen LogP contribution < -0.4 is 16.4 Å². The Kier molecular flexibility index (Phi) is 7.34. The number of alkyl halides is 1. The molecule has 5 N–H and O–H groups in total. The number of rotatable bonds is 11. The molecule has 1 aromatic rings. The number of carbonyl (C=O) groups is 3. The van der Waals surface area contributed by atoms with Gasteiger partial charge in [0.25, 0.3) is 5.91 Å². The van der Waals surface area contributed by atoms with Crippen molar-refractivity contribution in [3.63, 3.8) is 0 Å². The Labute approximate surface area is 187 Å². The summed E-state index contributed by atoms with van der Waals surface area (Å²) in [5, 5.41) is 20.8. The fourth-order valence-corrected chi connectivity index (χ4v) is 5.72. The molecule has 0 aliphatic heterocycles. The van der Waals surface area contributed by atoms with Gasteiger partial charge in [-0.05, 0) is 31.1 Å². The van der Waals surface area contributed by atoms with Gasteiger partial charge in [-0.15, -0.1) is 0 Å². The Hall–Kier alpha value is -2.33. The quantitative estimate of drug-likeness (QED) is 0.371. The van der Waals surface area contributed by atoms with Crippen LogP contribution in [0.2, 0.25) is 0 Å². The van der Waals surface area contributed by atoms with Crippen LogP contribution in [0, 0.1) is 16.7 Å². The zero-order chi connectivity index (χ0) is 23.5. The molecule has 2 saturated carbocycles. The van der Waals surface area contributed by atoms with Gasteiger partial charge in [0.05, 0.1) is 6.54 Å². The monoisotopic (exact) mass is 451 g/mol. The summed E-state index contributed by atoms with van der Waals surface area (Å²) in [6.07, 6.45) is 2.39. The van der Waals surface area contributed by atoms with Crippen LogP contribution in [0.1, 0.15) is 51.9 Å². The van der Waals surface area contributed by atoms with Crippen molar-refractivity contribution in [3.8, 4) is 0 Å². The average Bonchev–Trinajstić information content (AvgIpc) is 3.31. The lowest BCUT2D eigenvalue weighted by atomic mass is 9.49. The van der Waals surface area contributed by atoms with Crippen LogP contribution >= 0.6 is 0 Å². The second-order valence-electron chi connectivity index (χ2n) is 9.66. The van der Waals surface area contributed by atoms with Crippen molar-refractivity contribution in [2.75, 3.05) is 18.4 Å². The molecular formula is C22H34FN5O4. The van der Waals surface area contributed by atoms with Crippen LogP contribution in [0.5, 0.6) is 0 Å². The summed E-state index contributed by atoms with van der Waals surface area (Å²) in [5.74, 6) is -1.73. The van der Waals surface area contributed by atoms with Crippen molar-refractivity contribution in [3.05, 3.63) is 12.3 Å². The molecule has 2 fully saturated rings. The van der Waals surface area contributed by atoms with Gasteiger partial charge in [-0.25, -0.2) is 4.39 Å². The second-order valence-corrected chi connectivity index (χ2v) is 9.66. The van der Waals surface area contributed by atoms with Gasteiger partial charge in [-0.3, -0.25) is 19.1 Å². The Morgan fingerprint density at radius 2 is 2.00 bits per heavy atom. The molecule has 2 atom stereocenters.